The van der Waals surface area contributed by atoms with E-state index in [1.165, 1.54) is 19.4 Å². The molecule has 0 aliphatic carbocycles. The van der Waals surface area contributed by atoms with Gasteiger partial charge in [0.25, 0.3) is 0 Å². The van der Waals surface area contributed by atoms with Gasteiger partial charge in [0.15, 0.2) is 0 Å². The lowest BCUT2D eigenvalue weighted by molar-refractivity contribution is 0.301. The zero-order chi connectivity index (χ0) is 19.7. The molecule has 1 aliphatic rings. The number of halogens is 2. The van der Waals surface area contributed by atoms with Crippen LogP contribution in [0.15, 0.2) is 18.2 Å². The maximum absolute atomic E-state index is 6.07. The zero-order valence-electron chi connectivity index (χ0n) is 15.9. The van der Waals surface area contributed by atoms with Gasteiger partial charge in [0.1, 0.15) is 5.82 Å². The number of nitrogens with zero attached hydrogens (tertiary/aromatic N) is 4. The van der Waals surface area contributed by atoms with Crippen molar-refractivity contribution >= 4 is 51.9 Å². The van der Waals surface area contributed by atoms with Gasteiger partial charge >= 0.3 is 0 Å². The summed E-state index contributed by atoms with van der Waals surface area (Å²) in [4.78, 5) is 19.1. The number of aryl methyl sites for hydroxylation is 1. The number of fused-ring (bicyclic) bond motifs is 1. The Bertz CT molecular complexity index is 949. The van der Waals surface area contributed by atoms with Crippen LogP contribution < -0.4 is 10.6 Å². The maximum Gasteiger partial charge on any atom is 0.231 e. The number of aromatic amines is 1. The molecule has 148 valence electrons. The maximum atomic E-state index is 6.07. The van der Waals surface area contributed by atoms with E-state index in [9.17, 15) is 0 Å². The molecule has 1 atom stereocenters. The average molecular weight is 420 g/mol. The second kappa shape index (κ2) is 8.11. The van der Waals surface area contributed by atoms with E-state index in [1.54, 1.807) is 12.1 Å². The Morgan fingerprint density at radius 2 is 2.00 bits per heavy atom. The molecule has 0 radical (unpaired) electrons. The Kier molecular flexibility index (Phi) is 5.57. The Morgan fingerprint density at radius 1 is 1.18 bits per heavy atom. The van der Waals surface area contributed by atoms with Crippen molar-refractivity contribution in [2.24, 2.45) is 0 Å². The highest BCUT2D eigenvalue weighted by Gasteiger charge is 2.20. The minimum absolute atomic E-state index is 0.471. The first-order chi connectivity index (χ1) is 13.5. The predicted molar refractivity (Wildman–Crippen MR) is 115 cm³/mol. The van der Waals surface area contributed by atoms with Crippen LogP contribution in [-0.4, -0.2) is 51.0 Å². The van der Waals surface area contributed by atoms with Crippen molar-refractivity contribution in [1.82, 2.24) is 24.8 Å². The second-order valence-corrected chi connectivity index (χ2v) is 8.02. The Labute approximate surface area is 173 Å². The van der Waals surface area contributed by atoms with E-state index in [4.69, 9.17) is 23.2 Å². The summed E-state index contributed by atoms with van der Waals surface area (Å²) in [5.41, 5.74) is 2.40. The molecule has 3 aromatic rings. The molecule has 1 aliphatic heterocycles. The number of imidazole rings is 1. The third kappa shape index (κ3) is 4.32. The van der Waals surface area contributed by atoms with Crippen LogP contribution in [0.25, 0.3) is 11.0 Å². The molecule has 2 aromatic heterocycles. The topological polar surface area (TPSA) is 81.8 Å². The van der Waals surface area contributed by atoms with Crippen LogP contribution in [0.1, 0.15) is 25.0 Å². The van der Waals surface area contributed by atoms with Gasteiger partial charge in [0.2, 0.25) is 11.9 Å². The first-order valence-corrected chi connectivity index (χ1v) is 10.1. The lowest BCUT2D eigenvalue weighted by atomic mass is 10.1. The normalized spacial score (nSPS) is 17.4. The van der Waals surface area contributed by atoms with Crippen LogP contribution >= 0.6 is 23.2 Å². The number of rotatable bonds is 6. The van der Waals surface area contributed by atoms with Crippen LogP contribution in [-0.2, 0) is 0 Å². The first-order valence-electron chi connectivity index (χ1n) is 9.39. The number of aromatic nitrogens is 4. The van der Waals surface area contributed by atoms with Crippen molar-refractivity contribution in [1.29, 1.82) is 0 Å². The van der Waals surface area contributed by atoms with Gasteiger partial charge < -0.3 is 15.2 Å². The standard InChI is InChI=1S/C19H23Cl2N7/c1-11-8-17(22-6-5-12-4-3-7-28(12)2)26-18(23-11)27-19-24-15-9-13(20)14(21)10-16(15)25-19/h8-10,12H,3-7H2,1-2H3,(H3,22,23,24,25,26,27). The molecule has 28 heavy (non-hydrogen) atoms. The van der Waals surface area contributed by atoms with Gasteiger partial charge in [-0.1, -0.05) is 23.2 Å². The van der Waals surface area contributed by atoms with Gasteiger partial charge in [-0.3, -0.25) is 5.32 Å². The largest absolute Gasteiger partial charge is 0.370 e. The molecular formula is C19H23Cl2N7. The van der Waals surface area contributed by atoms with E-state index in [1.807, 2.05) is 13.0 Å². The van der Waals surface area contributed by atoms with Crippen LogP contribution in [0.4, 0.5) is 17.7 Å². The quantitative estimate of drug-likeness (QED) is 0.541. The van der Waals surface area contributed by atoms with E-state index < -0.39 is 0 Å². The zero-order valence-corrected chi connectivity index (χ0v) is 17.4. The minimum Gasteiger partial charge on any atom is -0.370 e. The van der Waals surface area contributed by atoms with Gasteiger partial charge in [0, 0.05) is 24.3 Å². The van der Waals surface area contributed by atoms with Gasteiger partial charge in [-0.15, -0.1) is 0 Å². The predicted octanol–water partition coefficient (Wildman–Crippen LogP) is 4.61. The highest BCUT2D eigenvalue weighted by Crippen LogP contribution is 2.28. The molecular weight excluding hydrogens is 397 g/mol. The van der Waals surface area contributed by atoms with Crippen LogP contribution in [0, 0.1) is 6.92 Å². The first kappa shape index (κ1) is 19.2. The van der Waals surface area contributed by atoms with Crippen molar-refractivity contribution < 1.29 is 0 Å². The van der Waals surface area contributed by atoms with E-state index in [0.717, 1.165) is 35.5 Å². The van der Waals surface area contributed by atoms with Crippen molar-refractivity contribution in [3.63, 3.8) is 0 Å². The van der Waals surface area contributed by atoms with Crippen molar-refractivity contribution in [3.05, 3.63) is 33.9 Å². The summed E-state index contributed by atoms with van der Waals surface area (Å²) in [6, 6.07) is 6.08. The molecule has 1 fully saturated rings. The minimum atomic E-state index is 0.471. The molecule has 0 amide bonds. The van der Waals surface area contributed by atoms with E-state index in [-0.39, 0.29) is 0 Å². The Hall–Kier alpha value is -2.09. The molecule has 0 bridgehead atoms. The summed E-state index contributed by atoms with van der Waals surface area (Å²) >= 11 is 12.1. The SMILES string of the molecule is Cc1cc(NCCC2CCCN2C)nc(Nc2nc3cc(Cl)c(Cl)cc3[nH]2)n1. The Morgan fingerprint density at radius 3 is 2.79 bits per heavy atom. The molecule has 3 heterocycles. The second-order valence-electron chi connectivity index (χ2n) is 7.20. The van der Waals surface area contributed by atoms with E-state index in [2.05, 4.69) is 42.5 Å². The molecule has 1 saturated heterocycles. The summed E-state index contributed by atoms with van der Waals surface area (Å²) in [6.07, 6.45) is 3.66. The van der Waals surface area contributed by atoms with Crippen LogP contribution in [0.2, 0.25) is 10.0 Å². The molecule has 0 saturated carbocycles. The molecule has 1 unspecified atom stereocenters. The molecule has 3 N–H and O–H groups in total. The summed E-state index contributed by atoms with van der Waals surface area (Å²) in [5, 5.41) is 7.50. The summed E-state index contributed by atoms with van der Waals surface area (Å²) in [7, 11) is 2.20. The number of likely N-dealkylation sites (tertiary alicyclic amines) is 1. The number of hydrogen-bond donors (Lipinski definition) is 3. The fraction of sp³-hybridized carbons (Fsp3) is 0.421. The number of hydrogen-bond acceptors (Lipinski definition) is 6. The van der Waals surface area contributed by atoms with Crippen molar-refractivity contribution in [2.75, 3.05) is 30.8 Å². The number of H-pyrrole nitrogens is 1. The molecule has 7 nitrogen and oxygen atoms in total. The third-order valence-corrected chi connectivity index (χ3v) is 5.79. The fourth-order valence-corrected chi connectivity index (χ4v) is 3.92. The van der Waals surface area contributed by atoms with Crippen molar-refractivity contribution in [3.8, 4) is 0 Å². The van der Waals surface area contributed by atoms with Gasteiger partial charge in [0.05, 0.1) is 21.1 Å². The lowest BCUT2D eigenvalue weighted by Gasteiger charge is -2.19. The molecule has 1 aromatic carbocycles. The molecule has 4 rings (SSSR count). The van der Waals surface area contributed by atoms with E-state index >= 15 is 0 Å². The molecule has 0 spiro atoms. The monoisotopic (exact) mass is 419 g/mol. The lowest BCUT2D eigenvalue weighted by Crippen LogP contribution is -2.27. The van der Waals surface area contributed by atoms with Gasteiger partial charge in [-0.2, -0.15) is 4.98 Å². The fourth-order valence-electron chi connectivity index (χ4n) is 3.60. The number of nitrogens with one attached hydrogen (secondary N) is 3. The highest BCUT2D eigenvalue weighted by atomic mass is 35.5. The summed E-state index contributed by atoms with van der Waals surface area (Å²) in [5.74, 6) is 1.83. The summed E-state index contributed by atoms with van der Waals surface area (Å²) < 4.78 is 0. The average Bonchev–Trinajstić information content (AvgIpc) is 3.20. The molecule has 9 heteroatoms. The van der Waals surface area contributed by atoms with Crippen LogP contribution in [0.3, 0.4) is 0 Å². The van der Waals surface area contributed by atoms with Gasteiger partial charge in [-0.25, -0.2) is 9.97 Å². The van der Waals surface area contributed by atoms with Gasteiger partial charge in [-0.05, 0) is 51.9 Å². The number of benzene rings is 1. The Balaban J connectivity index is 1.44. The number of anilines is 3. The van der Waals surface area contributed by atoms with Crippen LogP contribution in [0.5, 0.6) is 0 Å². The van der Waals surface area contributed by atoms with Crippen molar-refractivity contribution in [2.45, 2.75) is 32.2 Å². The third-order valence-electron chi connectivity index (χ3n) is 5.06. The highest BCUT2D eigenvalue weighted by molar-refractivity contribution is 6.42. The summed E-state index contributed by atoms with van der Waals surface area (Å²) in [6.45, 7) is 4.02. The van der Waals surface area contributed by atoms with E-state index in [0.29, 0.717) is 28.0 Å². The smallest absolute Gasteiger partial charge is 0.231 e.